The van der Waals surface area contributed by atoms with Crippen molar-refractivity contribution in [1.82, 2.24) is 9.78 Å². The van der Waals surface area contributed by atoms with E-state index in [1.807, 2.05) is 6.07 Å². The van der Waals surface area contributed by atoms with Gasteiger partial charge in [-0.2, -0.15) is 10.4 Å². The number of aromatic nitrogens is 2. The van der Waals surface area contributed by atoms with Crippen molar-refractivity contribution >= 4 is 29.1 Å². The van der Waals surface area contributed by atoms with Crippen molar-refractivity contribution in [2.75, 3.05) is 10.2 Å². The average molecular weight is 337 g/mol. The molecule has 1 aromatic heterocycles. The van der Waals surface area contributed by atoms with Crippen LogP contribution in [0.1, 0.15) is 29.3 Å². The Morgan fingerprint density at radius 2 is 2.08 bits per heavy atom. The molecule has 8 heteroatoms. The number of rotatable bonds is 4. The number of nitrogens with one attached hydrogen (secondary N) is 1. The molecule has 1 N–H and O–H groups in total. The monoisotopic (exact) mass is 337 g/mol. The molecule has 0 bridgehead atoms. The van der Waals surface area contributed by atoms with Gasteiger partial charge in [0.1, 0.15) is 23.5 Å². The Labute approximate surface area is 143 Å². The van der Waals surface area contributed by atoms with E-state index >= 15 is 0 Å². The van der Waals surface area contributed by atoms with Crippen LogP contribution in [0, 0.1) is 11.3 Å². The van der Waals surface area contributed by atoms with Crippen LogP contribution in [0.4, 0.5) is 11.5 Å². The highest BCUT2D eigenvalue weighted by atomic mass is 16.2. The molecule has 8 nitrogen and oxygen atoms in total. The maximum atomic E-state index is 12.7. The molecule has 1 aromatic carbocycles. The fourth-order valence-corrected chi connectivity index (χ4v) is 2.87. The van der Waals surface area contributed by atoms with Crippen LogP contribution in [-0.4, -0.2) is 33.4 Å². The Kier molecular flexibility index (Phi) is 4.07. The van der Waals surface area contributed by atoms with Crippen LogP contribution < -0.4 is 10.2 Å². The van der Waals surface area contributed by atoms with Crippen LogP contribution in [0.5, 0.6) is 0 Å². The standard InChI is InChI=1S/C17H15N5O3/c1-3-12(16(24)20-15-10(8-18)9-19-21(15)2)22-13-7-5-4-6-11(13)14(23)17(22)25/h4-7,9,12H,3H2,1-2H3,(H,20,24). The van der Waals surface area contributed by atoms with E-state index in [0.29, 0.717) is 12.1 Å². The Morgan fingerprint density at radius 3 is 2.76 bits per heavy atom. The number of carbonyl (C=O) groups is 3. The first kappa shape index (κ1) is 16.4. The van der Waals surface area contributed by atoms with Crippen LogP contribution in [0.25, 0.3) is 0 Å². The number of hydrogen-bond donors (Lipinski definition) is 1. The smallest absolute Gasteiger partial charge is 0.300 e. The van der Waals surface area contributed by atoms with Gasteiger partial charge in [0, 0.05) is 7.05 Å². The maximum Gasteiger partial charge on any atom is 0.300 e. The van der Waals surface area contributed by atoms with Gasteiger partial charge < -0.3 is 5.32 Å². The van der Waals surface area contributed by atoms with Gasteiger partial charge in [0.2, 0.25) is 5.91 Å². The maximum absolute atomic E-state index is 12.7. The Morgan fingerprint density at radius 1 is 1.36 bits per heavy atom. The van der Waals surface area contributed by atoms with E-state index in [9.17, 15) is 14.4 Å². The lowest BCUT2D eigenvalue weighted by molar-refractivity contribution is -0.121. The van der Waals surface area contributed by atoms with Crippen molar-refractivity contribution in [3.63, 3.8) is 0 Å². The van der Waals surface area contributed by atoms with Gasteiger partial charge in [-0.15, -0.1) is 0 Å². The van der Waals surface area contributed by atoms with Gasteiger partial charge in [0.05, 0.1) is 17.4 Å². The van der Waals surface area contributed by atoms with Crippen LogP contribution >= 0.6 is 0 Å². The van der Waals surface area contributed by atoms with E-state index in [4.69, 9.17) is 5.26 Å². The Hall–Kier alpha value is -3.47. The minimum Gasteiger partial charge on any atom is -0.308 e. The second-order valence-corrected chi connectivity index (χ2v) is 5.58. The summed E-state index contributed by atoms with van der Waals surface area (Å²) in [5, 5.41) is 15.7. The molecule has 0 aliphatic carbocycles. The summed E-state index contributed by atoms with van der Waals surface area (Å²) in [5.74, 6) is -1.59. The number of para-hydroxylation sites is 1. The second-order valence-electron chi connectivity index (χ2n) is 5.58. The molecule has 2 amide bonds. The van der Waals surface area contributed by atoms with Gasteiger partial charge in [0.25, 0.3) is 11.7 Å². The van der Waals surface area contributed by atoms with Crippen molar-refractivity contribution in [1.29, 1.82) is 5.26 Å². The van der Waals surface area contributed by atoms with E-state index in [0.717, 1.165) is 0 Å². The lowest BCUT2D eigenvalue weighted by Crippen LogP contribution is -2.46. The minimum absolute atomic E-state index is 0.218. The first-order valence-electron chi connectivity index (χ1n) is 7.69. The van der Waals surface area contributed by atoms with E-state index in [1.54, 1.807) is 38.2 Å². The van der Waals surface area contributed by atoms with E-state index in [-0.39, 0.29) is 16.9 Å². The first-order chi connectivity index (χ1) is 12.0. The van der Waals surface area contributed by atoms with E-state index < -0.39 is 23.6 Å². The summed E-state index contributed by atoms with van der Waals surface area (Å²) in [7, 11) is 1.59. The van der Waals surface area contributed by atoms with Gasteiger partial charge in [-0.1, -0.05) is 19.1 Å². The molecule has 126 valence electrons. The number of hydrogen-bond acceptors (Lipinski definition) is 5. The van der Waals surface area contributed by atoms with Crippen molar-refractivity contribution < 1.29 is 14.4 Å². The highest BCUT2D eigenvalue weighted by molar-refractivity contribution is 6.52. The SMILES string of the molecule is CCC(C(=O)Nc1c(C#N)cnn1C)N1C(=O)C(=O)c2ccccc21. The van der Waals surface area contributed by atoms with E-state index in [1.165, 1.54) is 15.8 Å². The van der Waals surface area contributed by atoms with Crippen LogP contribution in [0.2, 0.25) is 0 Å². The Bertz CT molecular complexity index is 925. The third-order valence-electron chi connectivity index (χ3n) is 4.12. The van der Waals surface area contributed by atoms with Gasteiger partial charge in [-0.3, -0.25) is 24.0 Å². The van der Waals surface area contributed by atoms with Gasteiger partial charge in [-0.05, 0) is 18.6 Å². The highest BCUT2D eigenvalue weighted by Gasteiger charge is 2.41. The quantitative estimate of drug-likeness (QED) is 0.844. The number of anilines is 2. The van der Waals surface area contributed by atoms with Crippen molar-refractivity contribution in [3.8, 4) is 6.07 Å². The van der Waals surface area contributed by atoms with Crippen molar-refractivity contribution in [2.45, 2.75) is 19.4 Å². The summed E-state index contributed by atoms with van der Waals surface area (Å²) in [6.45, 7) is 1.75. The van der Waals surface area contributed by atoms with Gasteiger partial charge in [0.15, 0.2) is 0 Å². The second kappa shape index (κ2) is 6.20. The summed E-state index contributed by atoms with van der Waals surface area (Å²) in [6, 6.07) is 7.65. The van der Waals surface area contributed by atoms with Gasteiger partial charge >= 0.3 is 0 Å². The minimum atomic E-state index is -0.874. The third kappa shape index (κ3) is 2.55. The van der Waals surface area contributed by atoms with Crippen molar-refractivity contribution in [3.05, 3.63) is 41.6 Å². The summed E-state index contributed by atoms with van der Waals surface area (Å²) in [6.07, 6.45) is 1.65. The van der Waals surface area contributed by atoms with Crippen molar-refractivity contribution in [2.24, 2.45) is 7.05 Å². The number of nitrogens with zero attached hydrogens (tertiary/aromatic N) is 4. The number of Topliss-reactive ketones (excluding diaryl/α,β-unsaturated/α-hetero) is 1. The Balaban J connectivity index is 1.94. The lowest BCUT2D eigenvalue weighted by Gasteiger charge is -2.26. The van der Waals surface area contributed by atoms with Crippen LogP contribution in [-0.2, 0) is 16.6 Å². The lowest BCUT2D eigenvalue weighted by atomic mass is 10.1. The fourth-order valence-electron chi connectivity index (χ4n) is 2.87. The predicted molar refractivity (Wildman–Crippen MR) is 88.9 cm³/mol. The van der Waals surface area contributed by atoms with Crippen LogP contribution in [0.15, 0.2) is 30.5 Å². The highest BCUT2D eigenvalue weighted by Crippen LogP contribution is 2.31. The number of benzene rings is 1. The number of aryl methyl sites for hydroxylation is 1. The number of fused-ring (bicyclic) bond motifs is 1. The molecule has 1 aliphatic rings. The average Bonchev–Trinajstić information content (AvgIpc) is 3.09. The zero-order chi connectivity index (χ0) is 18.1. The zero-order valence-electron chi connectivity index (χ0n) is 13.7. The molecule has 1 aliphatic heterocycles. The number of carbonyl (C=O) groups excluding carboxylic acids is 3. The number of ketones is 1. The molecular formula is C17H15N5O3. The molecule has 0 fully saturated rings. The summed E-state index contributed by atoms with van der Waals surface area (Å²) >= 11 is 0. The van der Waals surface area contributed by atoms with E-state index in [2.05, 4.69) is 10.4 Å². The zero-order valence-corrected chi connectivity index (χ0v) is 13.7. The topological polar surface area (TPSA) is 108 Å². The predicted octanol–water partition coefficient (Wildman–Crippen LogP) is 1.24. The fraction of sp³-hybridized carbons (Fsp3) is 0.235. The van der Waals surface area contributed by atoms with Crippen LogP contribution in [0.3, 0.4) is 0 Å². The van der Waals surface area contributed by atoms with Gasteiger partial charge in [-0.25, -0.2) is 0 Å². The molecule has 0 spiro atoms. The number of amides is 2. The molecule has 2 aromatic rings. The molecule has 0 saturated carbocycles. The molecule has 0 saturated heterocycles. The molecular weight excluding hydrogens is 322 g/mol. The summed E-state index contributed by atoms with van der Waals surface area (Å²) in [4.78, 5) is 38.5. The largest absolute Gasteiger partial charge is 0.308 e. The molecule has 0 radical (unpaired) electrons. The normalized spacial score (nSPS) is 14.2. The molecule has 3 rings (SSSR count). The summed E-state index contributed by atoms with van der Waals surface area (Å²) < 4.78 is 1.37. The molecule has 1 atom stereocenters. The molecule has 2 heterocycles. The molecule has 25 heavy (non-hydrogen) atoms. The third-order valence-corrected chi connectivity index (χ3v) is 4.12. The number of nitriles is 1. The summed E-state index contributed by atoms with van der Waals surface area (Å²) in [5.41, 5.74) is 0.928. The molecule has 1 unspecified atom stereocenters. The first-order valence-corrected chi connectivity index (χ1v) is 7.69.